The van der Waals surface area contributed by atoms with Crippen molar-refractivity contribution in [1.29, 1.82) is 0 Å². The monoisotopic (exact) mass is 451 g/mol. The van der Waals surface area contributed by atoms with Gasteiger partial charge in [-0.3, -0.25) is 9.69 Å². The fourth-order valence-electron chi connectivity index (χ4n) is 3.16. The lowest BCUT2D eigenvalue weighted by atomic mass is 10.2. The molecule has 1 aliphatic rings. The summed E-state index contributed by atoms with van der Waals surface area (Å²) < 4.78 is 32.8. The Balaban J connectivity index is 1.67. The summed E-state index contributed by atoms with van der Waals surface area (Å²) in [5.74, 6) is -0.336. The molecule has 0 aromatic heterocycles. The number of morpholine rings is 1. The van der Waals surface area contributed by atoms with E-state index in [1.165, 1.54) is 16.4 Å². The van der Waals surface area contributed by atoms with Crippen molar-refractivity contribution in [2.24, 2.45) is 0 Å². The van der Waals surface area contributed by atoms with E-state index in [1.807, 2.05) is 0 Å². The molecule has 0 unspecified atom stereocenters. The molecule has 9 heteroatoms. The highest BCUT2D eigenvalue weighted by molar-refractivity contribution is 7.89. The summed E-state index contributed by atoms with van der Waals surface area (Å²) in [6.07, 6.45) is 0. The standard InChI is InChI=1S/C21H26ClN3O4S/c22-19-8-6-18(7-9-19)16-25(30(27,28)20-4-2-1-3-5-20)17-21(26)23-10-11-24-12-14-29-15-13-24/h1-9H,10-17H2,(H,23,26). The van der Waals surface area contributed by atoms with Crippen LogP contribution in [0.2, 0.25) is 5.02 Å². The predicted molar refractivity (Wildman–Crippen MR) is 116 cm³/mol. The van der Waals surface area contributed by atoms with Crippen LogP contribution in [-0.4, -0.2) is 69.5 Å². The molecule has 0 atom stereocenters. The van der Waals surface area contributed by atoms with E-state index in [2.05, 4.69) is 10.2 Å². The van der Waals surface area contributed by atoms with Crippen LogP contribution in [0.1, 0.15) is 5.56 Å². The van der Waals surface area contributed by atoms with Gasteiger partial charge in [-0.25, -0.2) is 8.42 Å². The van der Waals surface area contributed by atoms with Gasteiger partial charge in [0, 0.05) is 37.7 Å². The Bertz CT molecular complexity index is 917. The largest absolute Gasteiger partial charge is 0.379 e. The molecule has 0 bridgehead atoms. The van der Waals surface area contributed by atoms with Crippen molar-refractivity contribution >= 4 is 27.5 Å². The van der Waals surface area contributed by atoms with Crippen molar-refractivity contribution in [1.82, 2.24) is 14.5 Å². The smallest absolute Gasteiger partial charge is 0.243 e. The molecule has 0 radical (unpaired) electrons. The van der Waals surface area contributed by atoms with Gasteiger partial charge in [0.15, 0.2) is 0 Å². The Kier molecular flexibility index (Phi) is 8.24. The highest BCUT2D eigenvalue weighted by atomic mass is 35.5. The number of carbonyl (C=O) groups excluding carboxylic acids is 1. The third kappa shape index (κ3) is 6.52. The average Bonchev–Trinajstić information content (AvgIpc) is 2.76. The van der Waals surface area contributed by atoms with Crippen LogP contribution in [0, 0.1) is 0 Å². The molecule has 2 aromatic carbocycles. The van der Waals surface area contributed by atoms with Crippen molar-refractivity contribution in [3.05, 3.63) is 65.2 Å². The van der Waals surface area contributed by atoms with Gasteiger partial charge in [0.05, 0.1) is 24.7 Å². The first kappa shape index (κ1) is 22.7. The Hall–Kier alpha value is -1.97. The fourth-order valence-corrected chi connectivity index (χ4v) is 4.69. The van der Waals surface area contributed by atoms with Gasteiger partial charge in [-0.1, -0.05) is 41.9 Å². The summed E-state index contributed by atoms with van der Waals surface area (Å²) in [5, 5.41) is 3.40. The second kappa shape index (κ2) is 10.9. The SMILES string of the molecule is O=C(CN(Cc1ccc(Cl)cc1)S(=O)(=O)c1ccccc1)NCCN1CCOCC1. The van der Waals surface area contributed by atoms with E-state index >= 15 is 0 Å². The number of amides is 1. The van der Waals surface area contributed by atoms with E-state index in [4.69, 9.17) is 16.3 Å². The molecule has 162 valence electrons. The minimum Gasteiger partial charge on any atom is -0.379 e. The maximum absolute atomic E-state index is 13.2. The number of nitrogens with one attached hydrogen (secondary N) is 1. The maximum atomic E-state index is 13.2. The lowest BCUT2D eigenvalue weighted by molar-refractivity contribution is -0.121. The molecule has 1 heterocycles. The Morgan fingerprint density at radius 2 is 1.73 bits per heavy atom. The van der Waals surface area contributed by atoms with Gasteiger partial charge >= 0.3 is 0 Å². The second-order valence-electron chi connectivity index (χ2n) is 7.02. The number of nitrogens with zero attached hydrogens (tertiary/aromatic N) is 2. The van der Waals surface area contributed by atoms with Crippen LogP contribution in [0.15, 0.2) is 59.5 Å². The molecule has 3 rings (SSSR count). The Labute approximate surface area is 182 Å². The highest BCUT2D eigenvalue weighted by Gasteiger charge is 2.26. The van der Waals surface area contributed by atoms with E-state index in [9.17, 15) is 13.2 Å². The first-order valence-electron chi connectivity index (χ1n) is 9.81. The Morgan fingerprint density at radius 1 is 1.07 bits per heavy atom. The molecule has 0 spiro atoms. The number of hydrogen-bond donors (Lipinski definition) is 1. The third-order valence-electron chi connectivity index (χ3n) is 4.83. The molecular formula is C21H26ClN3O4S. The van der Waals surface area contributed by atoms with Gasteiger partial charge < -0.3 is 10.1 Å². The molecule has 2 aromatic rings. The van der Waals surface area contributed by atoms with Crippen LogP contribution in [-0.2, 0) is 26.1 Å². The zero-order valence-corrected chi connectivity index (χ0v) is 18.2. The number of carbonyl (C=O) groups is 1. The first-order valence-corrected chi connectivity index (χ1v) is 11.6. The molecule has 1 fully saturated rings. The van der Waals surface area contributed by atoms with Crippen molar-refractivity contribution in [2.45, 2.75) is 11.4 Å². The van der Waals surface area contributed by atoms with E-state index in [0.29, 0.717) is 31.3 Å². The number of hydrogen-bond acceptors (Lipinski definition) is 5. The molecule has 1 N–H and O–H groups in total. The number of benzene rings is 2. The van der Waals surface area contributed by atoms with Gasteiger partial charge in [0.1, 0.15) is 0 Å². The average molecular weight is 452 g/mol. The lowest BCUT2D eigenvalue weighted by Gasteiger charge is -2.27. The van der Waals surface area contributed by atoms with E-state index in [-0.39, 0.29) is 23.9 Å². The normalized spacial score (nSPS) is 15.3. The minimum atomic E-state index is -3.84. The van der Waals surface area contributed by atoms with Crippen LogP contribution in [0.3, 0.4) is 0 Å². The van der Waals surface area contributed by atoms with E-state index in [1.54, 1.807) is 42.5 Å². The summed E-state index contributed by atoms with van der Waals surface area (Å²) in [4.78, 5) is 14.9. The molecule has 0 aliphatic carbocycles. The molecular weight excluding hydrogens is 426 g/mol. The van der Waals surface area contributed by atoms with Crippen LogP contribution >= 0.6 is 11.6 Å². The molecule has 1 saturated heterocycles. The lowest BCUT2D eigenvalue weighted by Crippen LogP contribution is -2.44. The number of ether oxygens (including phenoxy) is 1. The van der Waals surface area contributed by atoms with Gasteiger partial charge in [0.2, 0.25) is 15.9 Å². The van der Waals surface area contributed by atoms with Crippen LogP contribution in [0.25, 0.3) is 0 Å². The summed E-state index contributed by atoms with van der Waals surface area (Å²) in [7, 11) is -3.84. The quantitative estimate of drug-likeness (QED) is 0.630. The van der Waals surface area contributed by atoms with E-state index in [0.717, 1.165) is 18.7 Å². The summed E-state index contributed by atoms with van der Waals surface area (Å²) in [6, 6.07) is 15.0. The Morgan fingerprint density at radius 3 is 2.40 bits per heavy atom. The summed E-state index contributed by atoms with van der Waals surface area (Å²) in [5.41, 5.74) is 0.750. The molecule has 0 saturated carbocycles. The minimum absolute atomic E-state index is 0.0747. The van der Waals surface area contributed by atoms with Crippen LogP contribution in [0.4, 0.5) is 0 Å². The van der Waals surface area contributed by atoms with Crippen molar-refractivity contribution < 1.29 is 17.9 Å². The fraction of sp³-hybridized carbons (Fsp3) is 0.381. The first-order chi connectivity index (χ1) is 14.4. The van der Waals surface area contributed by atoms with Gasteiger partial charge in [-0.15, -0.1) is 0 Å². The molecule has 30 heavy (non-hydrogen) atoms. The third-order valence-corrected chi connectivity index (χ3v) is 6.88. The van der Waals surface area contributed by atoms with Gasteiger partial charge in [-0.2, -0.15) is 4.31 Å². The number of halogens is 1. The van der Waals surface area contributed by atoms with Crippen molar-refractivity contribution in [2.75, 3.05) is 45.9 Å². The highest BCUT2D eigenvalue weighted by Crippen LogP contribution is 2.19. The van der Waals surface area contributed by atoms with Gasteiger partial charge in [0.25, 0.3) is 0 Å². The molecule has 7 nitrogen and oxygen atoms in total. The predicted octanol–water partition coefficient (Wildman–Crippen LogP) is 1.98. The number of sulfonamides is 1. The van der Waals surface area contributed by atoms with E-state index < -0.39 is 10.0 Å². The van der Waals surface area contributed by atoms with Crippen LogP contribution < -0.4 is 5.32 Å². The van der Waals surface area contributed by atoms with Crippen LogP contribution in [0.5, 0.6) is 0 Å². The van der Waals surface area contributed by atoms with Gasteiger partial charge in [-0.05, 0) is 29.8 Å². The zero-order valence-electron chi connectivity index (χ0n) is 16.7. The molecule has 1 aliphatic heterocycles. The van der Waals surface area contributed by atoms with Crippen molar-refractivity contribution in [3.8, 4) is 0 Å². The zero-order chi connectivity index (χ0) is 21.4. The summed E-state index contributed by atoms with van der Waals surface area (Å²) >= 11 is 5.93. The maximum Gasteiger partial charge on any atom is 0.243 e. The van der Waals surface area contributed by atoms with Crippen molar-refractivity contribution in [3.63, 3.8) is 0 Å². The topological polar surface area (TPSA) is 79.0 Å². The summed E-state index contributed by atoms with van der Waals surface area (Å²) in [6.45, 7) is 4.03. The number of rotatable bonds is 9. The second-order valence-corrected chi connectivity index (χ2v) is 9.39. The molecule has 1 amide bonds.